The average Bonchev–Trinajstić information content (AvgIpc) is 2.84. The Hall–Kier alpha value is -1.06. The Morgan fingerprint density at radius 2 is 2.00 bits per heavy atom. The summed E-state index contributed by atoms with van der Waals surface area (Å²) in [5, 5.41) is 0. The Morgan fingerprint density at radius 3 is 2.58 bits per heavy atom. The molecule has 1 aliphatic carbocycles. The first-order valence-corrected chi connectivity index (χ1v) is 7.38. The molecule has 1 saturated carbocycles. The van der Waals surface area contributed by atoms with E-state index in [-0.39, 0.29) is 0 Å². The predicted octanol–water partition coefficient (Wildman–Crippen LogP) is 2.44. The van der Waals surface area contributed by atoms with Crippen molar-refractivity contribution in [3.05, 3.63) is 29.8 Å². The van der Waals surface area contributed by atoms with Crippen molar-refractivity contribution in [1.82, 2.24) is 4.90 Å². The summed E-state index contributed by atoms with van der Waals surface area (Å²) in [5.74, 6) is 0.956. The van der Waals surface area contributed by atoms with Crippen LogP contribution in [0, 0.1) is 0 Å². The number of nitrogens with two attached hydrogens (primary N) is 1. The molecule has 3 heteroatoms. The van der Waals surface area contributed by atoms with Crippen LogP contribution in [0.15, 0.2) is 24.3 Å². The summed E-state index contributed by atoms with van der Waals surface area (Å²) < 4.78 is 5.45. The van der Waals surface area contributed by atoms with Crippen molar-refractivity contribution in [3.8, 4) is 5.75 Å². The van der Waals surface area contributed by atoms with E-state index < -0.39 is 0 Å². The maximum atomic E-state index is 6.14. The second-order valence-electron chi connectivity index (χ2n) is 5.47. The molecule has 0 aliphatic heterocycles. The van der Waals surface area contributed by atoms with E-state index in [1.54, 1.807) is 0 Å². The zero-order valence-corrected chi connectivity index (χ0v) is 12.1. The van der Waals surface area contributed by atoms with Crippen molar-refractivity contribution in [2.75, 3.05) is 20.2 Å². The van der Waals surface area contributed by atoms with Gasteiger partial charge < -0.3 is 15.4 Å². The van der Waals surface area contributed by atoms with Crippen LogP contribution in [0.3, 0.4) is 0 Å². The molecule has 0 saturated heterocycles. The van der Waals surface area contributed by atoms with Gasteiger partial charge in [-0.25, -0.2) is 0 Å². The van der Waals surface area contributed by atoms with Crippen LogP contribution in [0.1, 0.15) is 31.7 Å². The van der Waals surface area contributed by atoms with Gasteiger partial charge >= 0.3 is 0 Å². The molecule has 0 bridgehead atoms. The van der Waals surface area contributed by atoms with Crippen LogP contribution in [0.4, 0.5) is 0 Å². The monoisotopic (exact) mass is 262 g/mol. The molecule has 2 atom stereocenters. The minimum absolute atomic E-state index is 0.366. The standard InChI is InChI=1S/C16H26N2O/c1-3-19-14-9-7-13(8-10-14)11-12-18(2)16-6-4-5-15(16)17/h7-10,15-16H,3-6,11-12,17H2,1-2H3. The highest BCUT2D eigenvalue weighted by atomic mass is 16.5. The SMILES string of the molecule is CCOc1ccc(CCN(C)C2CCCC2N)cc1. The number of hydrogen-bond donors (Lipinski definition) is 1. The minimum atomic E-state index is 0.366. The van der Waals surface area contributed by atoms with E-state index in [9.17, 15) is 0 Å². The molecule has 0 heterocycles. The van der Waals surface area contributed by atoms with E-state index in [0.29, 0.717) is 12.1 Å². The van der Waals surface area contributed by atoms with Crippen LogP contribution in [-0.2, 0) is 6.42 Å². The molecule has 2 rings (SSSR count). The Balaban J connectivity index is 1.81. The van der Waals surface area contributed by atoms with E-state index in [2.05, 4.69) is 36.2 Å². The van der Waals surface area contributed by atoms with Crippen molar-refractivity contribution in [2.45, 2.75) is 44.7 Å². The van der Waals surface area contributed by atoms with Gasteiger partial charge in [-0.3, -0.25) is 0 Å². The predicted molar refractivity (Wildman–Crippen MR) is 79.6 cm³/mol. The summed E-state index contributed by atoms with van der Waals surface area (Å²) in [4.78, 5) is 2.42. The lowest BCUT2D eigenvalue weighted by Crippen LogP contribution is -2.42. The molecule has 1 aromatic carbocycles. The number of hydrogen-bond acceptors (Lipinski definition) is 3. The molecule has 0 radical (unpaired) electrons. The molecule has 19 heavy (non-hydrogen) atoms. The van der Waals surface area contributed by atoms with Gasteiger partial charge in [0.25, 0.3) is 0 Å². The molecule has 1 aliphatic rings. The van der Waals surface area contributed by atoms with Crippen LogP contribution in [-0.4, -0.2) is 37.2 Å². The van der Waals surface area contributed by atoms with Gasteiger partial charge in [-0.1, -0.05) is 18.6 Å². The molecule has 1 aromatic rings. The van der Waals surface area contributed by atoms with Crippen molar-refractivity contribution in [3.63, 3.8) is 0 Å². The lowest BCUT2D eigenvalue weighted by molar-refractivity contribution is 0.231. The first-order chi connectivity index (χ1) is 9.20. The van der Waals surface area contributed by atoms with Gasteiger partial charge in [0.1, 0.15) is 5.75 Å². The van der Waals surface area contributed by atoms with Gasteiger partial charge in [0, 0.05) is 18.6 Å². The summed E-state index contributed by atoms with van der Waals surface area (Å²) in [5.41, 5.74) is 7.51. The summed E-state index contributed by atoms with van der Waals surface area (Å²) in [6.45, 7) is 3.81. The third-order valence-electron chi connectivity index (χ3n) is 4.09. The van der Waals surface area contributed by atoms with Gasteiger partial charge in [-0.15, -0.1) is 0 Å². The second kappa shape index (κ2) is 6.92. The molecule has 2 unspecified atom stereocenters. The van der Waals surface area contributed by atoms with Crippen molar-refractivity contribution in [1.29, 1.82) is 0 Å². The van der Waals surface area contributed by atoms with Gasteiger partial charge in [-0.2, -0.15) is 0 Å². The first-order valence-electron chi connectivity index (χ1n) is 7.38. The summed E-state index contributed by atoms with van der Waals surface area (Å²) in [6.07, 6.45) is 4.78. The van der Waals surface area contributed by atoms with Crippen molar-refractivity contribution < 1.29 is 4.74 Å². The van der Waals surface area contributed by atoms with Crippen molar-refractivity contribution in [2.24, 2.45) is 5.73 Å². The summed E-state index contributed by atoms with van der Waals surface area (Å²) in [7, 11) is 2.20. The molecule has 106 valence electrons. The topological polar surface area (TPSA) is 38.5 Å². The number of likely N-dealkylation sites (N-methyl/N-ethyl adjacent to an activating group) is 1. The van der Waals surface area contributed by atoms with Crippen LogP contribution in [0.25, 0.3) is 0 Å². The van der Waals surface area contributed by atoms with Gasteiger partial charge in [0.05, 0.1) is 6.61 Å². The first kappa shape index (κ1) is 14.4. The highest BCUT2D eigenvalue weighted by molar-refractivity contribution is 5.27. The van der Waals surface area contributed by atoms with Crippen LogP contribution in [0.5, 0.6) is 5.75 Å². The van der Waals surface area contributed by atoms with E-state index >= 15 is 0 Å². The Kier molecular flexibility index (Phi) is 5.23. The minimum Gasteiger partial charge on any atom is -0.494 e. The average molecular weight is 262 g/mol. The third kappa shape index (κ3) is 3.95. The van der Waals surface area contributed by atoms with Crippen molar-refractivity contribution >= 4 is 0 Å². The van der Waals surface area contributed by atoms with Gasteiger partial charge in [0.2, 0.25) is 0 Å². The normalized spacial score (nSPS) is 22.9. The zero-order valence-electron chi connectivity index (χ0n) is 12.1. The van der Waals surface area contributed by atoms with Crippen LogP contribution >= 0.6 is 0 Å². The lowest BCUT2D eigenvalue weighted by atomic mass is 10.1. The molecule has 3 nitrogen and oxygen atoms in total. The van der Waals surface area contributed by atoms with E-state index in [1.807, 2.05) is 6.92 Å². The number of benzene rings is 1. The van der Waals surface area contributed by atoms with Crippen LogP contribution < -0.4 is 10.5 Å². The Morgan fingerprint density at radius 1 is 1.26 bits per heavy atom. The Labute approximate surface area is 116 Å². The van der Waals surface area contributed by atoms with Crippen LogP contribution in [0.2, 0.25) is 0 Å². The smallest absolute Gasteiger partial charge is 0.119 e. The molecule has 0 aromatic heterocycles. The quantitative estimate of drug-likeness (QED) is 0.856. The third-order valence-corrected chi connectivity index (χ3v) is 4.09. The fourth-order valence-electron chi connectivity index (χ4n) is 2.91. The molecular weight excluding hydrogens is 236 g/mol. The maximum Gasteiger partial charge on any atom is 0.119 e. The highest BCUT2D eigenvalue weighted by Crippen LogP contribution is 2.22. The van der Waals surface area contributed by atoms with E-state index in [0.717, 1.165) is 25.3 Å². The highest BCUT2D eigenvalue weighted by Gasteiger charge is 2.26. The van der Waals surface area contributed by atoms with E-state index in [1.165, 1.54) is 24.8 Å². The second-order valence-corrected chi connectivity index (χ2v) is 5.47. The van der Waals surface area contributed by atoms with E-state index in [4.69, 9.17) is 10.5 Å². The number of ether oxygens (including phenoxy) is 1. The maximum absolute atomic E-state index is 6.14. The lowest BCUT2D eigenvalue weighted by Gasteiger charge is -2.27. The number of nitrogens with zero attached hydrogens (tertiary/aromatic N) is 1. The zero-order chi connectivity index (χ0) is 13.7. The Bertz CT molecular complexity index is 377. The fraction of sp³-hybridized carbons (Fsp3) is 0.625. The molecule has 0 amide bonds. The summed E-state index contributed by atoms with van der Waals surface area (Å²) in [6, 6.07) is 9.37. The van der Waals surface area contributed by atoms with Gasteiger partial charge in [0.15, 0.2) is 0 Å². The van der Waals surface area contributed by atoms with Gasteiger partial charge in [-0.05, 0) is 50.9 Å². The fourth-order valence-corrected chi connectivity index (χ4v) is 2.91. The number of rotatable bonds is 6. The molecule has 2 N–H and O–H groups in total. The molecule has 1 fully saturated rings. The largest absolute Gasteiger partial charge is 0.494 e. The molecular formula is C16H26N2O. The molecule has 0 spiro atoms. The summed E-state index contributed by atoms with van der Waals surface area (Å²) >= 11 is 0.